The van der Waals surface area contributed by atoms with Crippen LogP contribution < -0.4 is 0 Å². The van der Waals surface area contributed by atoms with E-state index in [0.29, 0.717) is 13.1 Å². The molecular formula is C22H33NO9. The van der Waals surface area contributed by atoms with Gasteiger partial charge in [0.25, 0.3) is 0 Å². The van der Waals surface area contributed by atoms with Crippen LogP contribution in [0.15, 0.2) is 30.3 Å². The lowest BCUT2D eigenvalue weighted by Crippen LogP contribution is -2.48. The number of hydrogen-bond acceptors (Lipinski definition) is 7. The standard InChI is InChI=1S/C18H27NO3.C4H6O6/c1-18(2,3)22-17(21)19-12-11-15(16(20)13-19)10-9-14-7-5-4-6-8-14;5-1(3(7)8)2(6)4(9)10/h4-8,15-16,20H,9-13H2,1-3H3;1-2,5-6H,(H,7,8)(H,9,10)/t15-,16+;1-,2-/m01/s1. The van der Waals surface area contributed by atoms with Crippen molar-refractivity contribution in [3.63, 3.8) is 0 Å². The molecule has 1 aliphatic rings. The minimum absolute atomic E-state index is 0.249. The summed E-state index contributed by atoms with van der Waals surface area (Å²) in [4.78, 5) is 33.2. The average Bonchev–Trinajstić information content (AvgIpc) is 2.71. The number of aliphatic carboxylic acids is 2. The molecule has 180 valence electrons. The fraction of sp³-hybridized carbons (Fsp3) is 0.591. The van der Waals surface area contributed by atoms with Gasteiger partial charge in [-0.2, -0.15) is 0 Å². The highest BCUT2D eigenvalue weighted by Crippen LogP contribution is 2.24. The van der Waals surface area contributed by atoms with Gasteiger partial charge in [-0.25, -0.2) is 14.4 Å². The molecule has 0 aliphatic carbocycles. The molecule has 10 nitrogen and oxygen atoms in total. The van der Waals surface area contributed by atoms with Crippen LogP contribution in [0.3, 0.4) is 0 Å². The van der Waals surface area contributed by atoms with Crippen LogP contribution in [-0.4, -0.2) is 85.5 Å². The van der Waals surface area contributed by atoms with Crippen molar-refractivity contribution in [2.75, 3.05) is 13.1 Å². The number of benzene rings is 1. The zero-order valence-corrected chi connectivity index (χ0v) is 18.5. The van der Waals surface area contributed by atoms with E-state index in [4.69, 9.17) is 25.2 Å². The van der Waals surface area contributed by atoms with Crippen LogP contribution in [0.2, 0.25) is 0 Å². The molecule has 0 saturated carbocycles. The van der Waals surface area contributed by atoms with E-state index in [9.17, 15) is 19.5 Å². The molecule has 1 fully saturated rings. The second kappa shape index (κ2) is 12.4. The number of aryl methyl sites for hydroxylation is 1. The average molecular weight is 456 g/mol. The van der Waals surface area contributed by atoms with Gasteiger partial charge in [0.05, 0.1) is 12.6 Å². The van der Waals surface area contributed by atoms with Crippen LogP contribution in [-0.2, 0) is 20.7 Å². The highest BCUT2D eigenvalue weighted by Gasteiger charge is 2.32. The van der Waals surface area contributed by atoms with Crippen molar-refractivity contribution in [2.45, 2.75) is 63.9 Å². The number of likely N-dealkylation sites (tertiary alicyclic amines) is 1. The lowest BCUT2D eigenvalue weighted by molar-refractivity contribution is -0.165. The van der Waals surface area contributed by atoms with Crippen LogP contribution in [0.25, 0.3) is 0 Å². The van der Waals surface area contributed by atoms with E-state index in [1.54, 1.807) is 4.90 Å². The summed E-state index contributed by atoms with van der Waals surface area (Å²) in [5, 5.41) is 42.8. The normalized spacial score (nSPS) is 20.4. The maximum Gasteiger partial charge on any atom is 0.410 e. The van der Waals surface area contributed by atoms with Gasteiger partial charge in [-0.15, -0.1) is 0 Å². The molecule has 5 N–H and O–H groups in total. The van der Waals surface area contributed by atoms with Crippen LogP contribution >= 0.6 is 0 Å². The number of hydrogen-bond donors (Lipinski definition) is 5. The van der Waals surface area contributed by atoms with E-state index >= 15 is 0 Å². The molecule has 1 aromatic rings. The van der Waals surface area contributed by atoms with Gasteiger partial charge in [0, 0.05) is 6.54 Å². The predicted octanol–water partition coefficient (Wildman–Crippen LogP) is 1.11. The Hall–Kier alpha value is -2.69. The summed E-state index contributed by atoms with van der Waals surface area (Å²) in [7, 11) is 0. The molecule has 0 spiro atoms. The Kier molecular flexibility index (Phi) is 10.6. The zero-order chi connectivity index (χ0) is 24.5. The second-order valence-corrected chi connectivity index (χ2v) is 8.63. The molecule has 0 bridgehead atoms. The molecule has 1 heterocycles. The highest BCUT2D eigenvalue weighted by molar-refractivity contribution is 5.83. The van der Waals surface area contributed by atoms with Crippen LogP contribution in [0.4, 0.5) is 4.79 Å². The SMILES string of the molecule is CC(C)(C)OC(=O)N1CC[C@H](CCc2ccccc2)[C@H](O)C1.O=C(O)[C@H](O)[C@@H](O)C(=O)O. The molecule has 2 rings (SSSR count). The number of nitrogens with zero attached hydrogens (tertiary/aromatic N) is 1. The Morgan fingerprint density at radius 1 is 1.06 bits per heavy atom. The number of ether oxygens (including phenoxy) is 1. The Balaban J connectivity index is 0.000000433. The highest BCUT2D eigenvalue weighted by atomic mass is 16.6. The molecule has 1 saturated heterocycles. The molecule has 1 amide bonds. The van der Waals surface area contributed by atoms with Gasteiger partial charge in [-0.1, -0.05) is 30.3 Å². The van der Waals surface area contributed by atoms with Crippen molar-refractivity contribution in [3.05, 3.63) is 35.9 Å². The number of carboxylic acid groups (broad SMARTS) is 2. The minimum atomic E-state index is -2.27. The number of carbonyl (C=O) groups is 3. The van der Waals surface area contributed by atoms with Crippen molar-refractivity contribution >= 4 is 18.0 Å². The summed E-state index contributed by atoms with van der Waals surface area (Å²) < 4.78 is 5.37. The quantitative estimate of drug-likeness (QED) is 0.422. The number of aliphatic hydroxyl groups excluding tert-OH is 3. The summed E-state index contributed by atoms with van der Waals surface area (Å²) in [6, 6.07) is 10.3. The van der Waals surface area contributed by atoms with Gasteiger partial charge >= 0.3 is 18.0 Å². The summed E-state index contributed by atoms with van der Waals surface area (Å²) in [5.74, 6) is -3.29. The lowest BCUT2D eigenvalue weighted by atomic mass is 9.88. The van der Waals surface area contributed by atoms with E-state index in [-0.39, 0.29) is 12.0 Å². The number of carboxylic acids is 2. The van der Waals surface area contributed by atoms with E-state index < -0.39 is 35.9 Å². The predicted molar refractivity (Wildman–Crippen MR) is 114 cm³/mol. The molecule has 10 heteroatoms. The number of amides is 1. The fourth-order valence-electron chi connectivity index (χ4n) is 3.08. The number of carbonyl (C=O) groups excluding carboxylic acids is 1. The number of β-amino-alcohol motifs (C(OH)–C–C–N with tert-alkyl or cyclic N) is 1. The molecule has 0 radical (unpaired) electrons. The topological polar surface area (TPSA) is 165 Å². The zero-order valence-electron chi connectivity index (χ0n) is 18.5. The van der Waals surface area contributed by atoms with E-state index in [1.165, 1.54) is 5.56 Å². The van der Waals surface area contributed by atoms with Gasteiger partial charge < -0.3 is 35.2 Å². The molecule has 32 heavy (non-hydrogen) atoms. The summed E-state index contributed by atoms with van der Waals surface area (Å²) in [6.07, 6.45) is -2.58. The van der Waals surface area contributed by atoms with Crippen molar-refractivity contribution in [1.82, 2.24) is 4.90 Å². The number of piperidine rings is 1. The van der Waals surface area contributed by atoms with E-state index in [0.717, 1.165) is 19.3 Å². The van der Waals surface area contributed by atoms with Crippen LogP contribution in [0.5, 0.6) is 0 Å². The third-order valence-corrected chi connectivity index (χ3v) is 4.82. The third-order valence-electron chi connectivity index (χ3n) is 4.82. The maximum absolute atomic E-state index is 12.0. The van der Waals surface area contributed by atoms with Gasteiger partial charge in [0.15, 0.2) is 12.2 Å². The summed E-state index contributed by atoms with van der Waals surface area (Å²) in [5.41, 5.74) is 0.802. The molecule has 4 atom stereocenters. The van der Waals surface area contributed by atoms with Crippen molar-refractivity contribution < 1.29 is 44.7 Å². The van der Waals surface area contributed by atoms with E-state index in [1.807, 2.05) is 39.0 Å². The largest absolute Gasteiger partial charge is 0.479 e. The Bertz CT molecular complexity index is 730. The first-order chi connectivity index (χ1) is 14.8. The molecule has 1 aromatic carbocycles. The smallest absolute Gasteiger partial charge is 0.410 e. The first-order valence-corrected chi connectivity index (χ1v) is 10.3. The first kappa shape index (κ1) is 27.3. The number of aliphatic hydroxyl groups is 3. The fourth-order valence-corrected chi connectivity index (χ4v) is 3.08. The third kappa shape index (κ3) is 9.63. The second-order valence-electron chi connectivity index (χ2n) is 8.63. The van der Waals surface area contributed by atoms with Crippen molar-refractivity contribution in [2.24, 2.45) is 5.92 Å². The Labute approximate surface area is 187 Å². The molecule has 1 aliphatic heterocycles. The lowest BCUT2D eigenvalue weighted by Gasteiger charge is -2.36. The Morgan fingerprint density at radius 2 is 1.59 bits per heavy atom. The minimum Gasteiger partial charge on any atom is -0.479 e. The van der Waals surface area contributed by atoms with Gasteiger partial charge in [-0.3, -0.25) is 0 Å². The number of rotatable bonds is 6. The first-order valence-electron chi connectivity index (χ1n) is 10.3. The summed E-state index contributed by atoms with van der Waals surface area (Å²) in [6.45, 7) is 6.59. The summed E-state index contributed by atoms with van der Waals surface area (Å²) >= 11 is 0. The molecule has 0 aromatic heterocycles. The van der Waals surface area contributed by atoms with Gasteiger partial charge in [0.1, 0.15) is 5.60 Å². The van der Waals surface area contributed by atoms with Gasteiger partial charge in [-0.05, 0) is 51.5 Å². The molecular weight excluding hydrogens is 422 g/mol. The van der Waals surface area contributed by atoms with Crippen LogP contribution in [0, 0.1) is 5.92 Å². The van der Waals surface area contributed by atoms with Crippen molar-refractivity contribution in [3.8, 4) is 0 Å². The Morgan fingerprint density at radius 3 is 2.03 bits per heavy atom. The van der Waals surface area contributed by atoms with E-state index in [2.05, 4.69) is 12.1 Å². The monoisotopic (exact) mass is 455 g/mol. The maximum atomic E-state index is 12.0. The van der Waals surface area contributed by atoms with Crippen molar-refractivity contribution in [1.29, 1.82) is 0 Å². The molecule has 0 unspecified atom stereocenters. The van der Waals surface area contributed by atoms with Gasteiger partial charge in [0.2, 0.25) is 0 Å². The van der Waals surface area contributed by atoms with Crippen LogP contribution in [0.1, 0.15) is 39.2 Å².